The van der Waals surface area contributed by atoms with Crippen LogP contribution in [0.25, 0.3) is 11.2 Å². The molecule has 1 amide bonds. The molecule has 0 saturated carbocycles. The number of carbonyl (C=O) groups excluding carboxylic acids is 1. The van der Waals surface area contributed by atoms with Gasteiger partial charge in [-0.3, -0.25) is 4.79 Å². The topological polar surface area (TPSA) is 83.6 Å². The number of carbonyl (C=O) groups is 1. The lowest BCUT2D eigenvalue weighted by Gasteiger charge is -2.12. The predicted molar refractivity (Wildman–Crippen MR) is 84.7 cm³/mol. The molecule has 0 spiro atoms. The summed E-state index contributed by atoms with van der Waals surface area (Å²) in [4.78, 5) is 28.0. The highest BCUT2D eigenvalue weighted by Gasteiger charge is 2.25. The zero-order chi connectivity index (χ0) is 14.9. The van der Waals surface area contributed by atoms with Crippen molar-refractivity contribution in [3.63, 3.8) is 0 Å². The number of aryl methyl sites for hydroxylation is 1. The maximum Gasteiger partial charge on any atom is 0.237 e. The summed E-state index contributed by atoms with van der Waals surface area (Å²) in [5, 5.41) is 3.58. The first-order valence-corrected chi connectivity index (χ1v) is 7.89. The first-order valence-electron chi connectivity index (χ1n) is 7.01. The summed E-state index contributed by atoms with van der Waals surface area (Å²) in [6.07, 6.45) is 4.71. The predicted octanol–water partition coefficient (Wildman–Crippen LogP) is 2.40. The van der Waals surface area contributed by atoms with Crippen LogP contribution in [0.3, 0.4) is 0 Å². The fourth-order valence-electron chi connectivity index (χ4n) is 2.57. The van der Waals surface area contributed by atoms with Gasteiger partial charge in [-0.2, -0.15) is 0 Å². The molecule has 1 aliphatic heterocycles. The van der Waals surface area contributed by atoms with E-state index < -0.39 is 0 Å². The van der Waals surface area contributed by atoms with Crippen molar-refractivity contribution < 1.29 is 4.79 Å². The average Bonchev–Trinajstić information content (AvgIpc) is 2.96. The lowest BCUT2D eigenvalue weighted by Crippen LogP contribution is -2.23. The van der Waals surface area contributed by atoms with E-state index in [2.05, 4.69) is 31.3 Å². The number of benzene rings is 1. The third-order valence-corrected chi connectivity index (χ3v) is 4.95. The van der Waals surface area contributed by atoms with Gasteiger partial charge in [0.25, 0.3) is 0 Å². The smallest absolute Gasteiger partial charge is 0.237 e. The number of H-pyrrole nitrogens is 1. The Morgan fingerprint density at radius 1 is 1.18 bits per heavy atom. The van der Waals surface area contributed by atoms with E-state index in [1.807, 2.05) is 18.2 Å². The second-order valence-corrected chi connectivity index (χ2v) is 6.26. The molecule has 2 aromatic heterocycles. The standard InChI is InChI=1S/C15H13N5OS/c21-14-11(6-5-9-3-1-2-4-10(9)20-14)22-15-12-13(17-7-16-12)18-8-19-15/h1-4,7-8,11H,5-6H2,(H,20,21)(H,16,17,18,19). The quantitative estimate of drug-likeness (QED) is 0.710. The minimum atomic E-state index is -0.186. The number of aromatic amines is 1. The van der Waals surface area contributed by atoms with Crippen LogP contribution in [-0.2, 0) is 11.2 Å². The molecule has 3 heterocycles. The molecule has 2 N–H and O–H groups in total. The van der Waals surface area contributed by atoms with E-state index in [0.717, 1.165) is 29.1 Å². The molecule has 7 heteroatoms. The van der Waals surface area contributed by atoms with Crippen molar-refractivity contribution in [2.45, 2.75) is 23.1 Å². The van der Waals surface area contributed by atoms with Gasteiger partial charge in [-0.15, -0.1) is 0 Å². The minimum absolute atomic E-state index is 0.0150. The molecule has 6 nitrogen and oxygen atoms in total. The molecule has 1 unspecified atom stereocenters. The van der Waals surface area contributed by atoms with E-state index in [1.54, 1.807) is 6.33 Å². The van der Waals surface area contributed by atoms with Crippen LogP contribution in [0.5, 0.6) is 0 Å². The molecule has 110 valence electrons. The summed E-state index contributed by atoms with van der Waals surface area (Å²) in [5.74, 6) is 0.0150. The highest BCUT2D eigenvalue weighted by molar-refractivity contribution is 8.00. The molecule has 22 heavy (non-hydrogen) atoms. The summed E-state index contributed by atoms with van der Waals surface area (Å²) < 4.78 is 0. The summed E-state index contributed by atoms with van der Waals surface area (Å²) in [6, 6.07) is 7.93. The molecule has 0 fully saturated rings. The van der Waals surface area contributed by atoms with Gasteiger partial charge in [0.1, 0.15) is 16.9 Å². The summed E-state index contributed by atoms with van der Waals surface area (Å²) in [6.45, 7) is 0. The minimum Gasteiger partial charge on any atom is -0.341 e. The molecule has 1 aliphatic rings. The van der Waals surface area contributed by atoms with Gasteiger partial charge in [0, 0.05) is 5.69 Å². The molecule has 0 bridgehead atoms. The van der Waals surface area contributed by atoms with Gasteiger partial charge in [0.05, 0.1) is 11.6 Å². The van der Waals surface area contributed by atoms with Crippen molar-refractivity contribution in [1.29, 1.82) is 0 Å². The Balaban J connectivity index is 1.61. The Hall–Kier alpha value is -2.41. The van der Waals surface area contributed by atoms with E-state index in [4.69, 9.17) is 0 Å². The number of nitrogens with one attached hydrogen (secondary N) is 2. The molecule has 4 rings (SSSR count). The second-order valence-electron chi connectivity index (χ2n) is 5.07. The Kier molecular flexibility index (Phi) is 3.27. The van der Waals surface area contributed by atoms with Crippen molar-refractivity contribution in [1.82, 2.24) is 19.9 Å². The Morgan fingerprint density at radius 2 is 2.09 bits per heavy atom. The molecular weight excluding hydrogens is 298 g/mol. The number of aromatic nitrogens is 4. The van der Waals surface area contributed by atoms with Crippen LogP contribution in [0.2, 0.25) is 0 Å². The third kappa shape index (κ3) is 2.33. The van der Waals surface area contributed by atoms with Crippen molar-refractivity contribution in [2.75, 3.05) is 5.32 Å². The van der Waals surface area contributed by atoms with Crippen LogP contribution in [0.4, 0.5) is 5.69 Å². The van der Waals surface area contributed by atoms with Crippen molar-refractivity contribution in [2.24, 2.45) is 0 Å². The monoisotopic (exact) mass is 311 g/mol. The van der Waals surface area contributed by atoms with Crippen molar-refractivity contribution in [3.05, 3.63) is 42.5 Å². The average molecular weight is 311 g/mol. The lowest BCUT2D eigenvalue weighted by molar-refractivity contribution is -0.115. The van der Waals surface area contributed by atoms with Gasteiger partial charge in [0.15, 0.2) is 5.65 Å². The van der Waals surface area contributed by atoms with Gasteiger partial charge in [-0.25, -0.2) is 15.0 Å². The van der Waals surface area contributed by atoms with Crippen LogP contribution in [0, 0.1) is 0 Å². The highest BCUT2D eigenvalue weighted by atomic mass is 32.2. The SMILES string of the molecule is O=C1Nc2ccccc2CCC1Sc1ncnc2nc[nH]c12. The van der Waals surface area contributed by atoms with Gasteiger partial charge in [0.2, 0.25) is 5.91 Å². The molecule has 1 aromatic carbocycles. The van der Waals surface area contributed by atoms with Crippen LogP contribution >= 0.6 is 11.8 Å². The van der Waals surface area contributed by atoms with E-state index in [0.29, 0.717) is 5.65 Å². The number of imidazole rings is 1. The number of anilines is 1. The van der Waals surface area contributed by atoms with Gasteiger partial charge < -0.3 is 10.3 Å². The van der Waals surface area contributed by atoms with E-state index in [-0.39, 0.29) is 11.2 Å². The number of thioether (sulfide) groups is 1. The zero-order valence-electron chi connectivity index (χ0n) is 11.6. The molecular formula is C15H13N5OS. The zero-order valence-corrected chi connectivity index (χ0v) is 12.4. The Labute approximate surface area is 130 Å². The Morgan fingerprint density at radius 3 is 3.05 bits per heavy atom. The molecule has 0 radical (unpaired) electrons. The largest absolute Gasteiger partial charge is 0.341 e. The normalized spacial score (nSPS) is 17.8. The summed E-state index contributed by atoms with van der Waals surface area (Å²) >= 11 is 1.46. The summed E-state index contributed by atoms with van der Waals surface area (Å²) in [5.41, 5.74) is 3.48. The fourth-order valence-corrected chi connectivity index (χ4v) is 3.62. The molecule has 0 saturated heterocycles. The van der Waals surface area contributed by atoms with E-state index in [9.17, 15) is 4.79 Å². The fraction of sp³-hybridized carbons (Fsp3) is 0.200. The number of hydrogen-bond acceptors (Lipinski definition) is 5. The highest BCUT2D eigenvalue weighted by Crippen LogP contribution is 2.32. The second kappa shape index (κ2) is 5.42. The number of para-hydroxylation sites is 1. The van der Waals surface area contributed by atoms with Crippen LogP contribution < -0.4 is 5.32 Å². The molecule has 0 aliphatic carbocycles. The van der Waals surface area contributed by atoms with E-state index in [1.165, 1.54) is 23.7 Å². The van der Waals surface area contributed by atoms with Gasteiger partial charge in [-0.05, 0) is 24.5 Å². The lowest BCUT2D eigenvalue weighted by atomic mass is 10.1. The first-order chi connectivity index (χ1) is 10.8. The third-order valence-electron chi connectivity index (χ3n) is 3.69. The van der Waals surface area contributed by atoms with Crippen LogP contribution in [0.15, 0.2) is 41.9 Å². The maximum absolute atomic E-state index is 12.5. The molecule has 1 atom stereocenters. The van der Waals surface area contributed by atoms with Gasteiger partial charge >= 0.3 is 0 Å². The van der Waals surface area contributed by atoms with E-state index >= 15 is 0 Å². The van der Waals surface area contributed by atoms with Crippen molar-refractivity contribution in [3.8, 4) is 0 Å². The number of amides is 1. The Bertz CT molecular complexity index is 847. The molecule has 3 aromatic rings. The number of fused-ring (bicyclic) bond motifs is 2. The summed E-state index contributed by atoms with van der Waals surface area (Å²) in [7, 11) is 0. The van der Waals surface area contributed by atoms with Crippen LogP contribution in [-0.4, -0.2) is 31.1 Å². The number of rotatable bonds is 2. The first kappa shape index (κ1) is 13.3. The van der Waals surface area contributed by atoms with Gasteiger partial charge in [-0.1, -0.05) is 30.0 Å². The van der Waals surface area contributed by atoms with Crippen molar-refractivity contribution >= 4 is 34.5 Å². The number of nitrogens with zero attached hydrogens (tertiary/aromatic N) is 3. The number of hydrogen-bond donors (Lipinski definition) is 2. The van der Waals surface area contributed by atoms with Crippen LogP contribution in [0.1, 0.15) is 12.0 Å². The maximum atomic E-state index is 12.5.